The highest BCUT2D eigenvalue weighted by Crippen LogP contribution is 2.36. The van der Waals surface area contributed by atoms with Crippen LogP contribution in [0.2, 0.25) is 0 Å². The van der Waals surface area contributed by atoms with Gasteiger partial charge in [-0.2, -0.15) is 0 Å². The molecule has 7 rings (SSSR count). The van der Waals surface area contributed by atoms with Crippen LogP contribution in [0.3, 0.4) is 0 Å². The Morgan fingerprint density at radius 2 is 1.42 bits per heavy atom. The molecule has 0 saturated heterocycles. The van der Waals surface area contributed by atoms with Crippen molar-refractivity contribution in [2.45, 2.75) is 66.1 Å². The van der Waals surface area contributed by atoms with E-state index in [9.17, 15) is 14.4 Å². The third-order valence-electron chi connectivity index (χ3n) is 9.08. The van der Waals surface area contributed by atoms with Crippen molar-refractivity contribution in [2.24, 2.45) is 11.8 Å². The Morgan fingerprint density at radius 3 is 2.17 bits per heavy atom. The minimum Gasteiger partial charge on any atom is -0.446 e. The normalized spacial score (nSPS) is 17.8. The lowest BCUT2D eigenvalue weighted by Crippen LogP contribution is -2.57. The molecule has 0 aliphatic carbocycles. The van der Waals surface area contributed by atoms with Crippen molar-refractivity contribution in [3.8, 4) is 55.9 Å². The van der Waals surface area contributed by atoms with E-state index in [-0.39, 0.29) is 47.5 Å². The molecule has 3 N–H and O–H groups in total. The Morgan fingerprint density at radius 1 is 0.769 bits per heavy atom. The van der Waals surface area contributed by atoms with Crippen LogP contribution in [-0.2, 0) is 16.1 Å². The number of hydrogen-bond acceptors (Lipinski definition) is 13. The van der Waals surface area contributed by atoms with E-state index in [0.29, 0.717) is 57.0 Å². The van der Waals surface area contributed by atoms with Crippen LogP contribution in [0.1, 0.15) is 62.7 Å². The molecular formula is C36H36N8O6S2. The van der Waals surface area contributed by atoms with Crippen LogP contribution in [0.15, 0.2) is 60.6 Å². The first-order chi connectivity index (χ1) is 25.1. The molecule has 1 aliphatic heterocycles. The van der Waals surface area contributed by atoms with E-state index < -0.39 is 29.8 Å². The van der Waals surface area contributed by atoms with Gasteiger partial charge in [-0.15, -0.1) is 22.7 Å². The van der Waals surface area contributed by atoms with E-state index in [1.807, 2.05) is 63.4 Å². The van der Waals surface area contributed by atoms with Crippen molar-refractivity contribution in [3.05, 3.63) is 64.7 Å². The van der Waals surface area contributed by atoms with Gasteiger partial charge in [-0.1, -0.05) is 70.9 Å². The van der Waals surface area contributed by atoms with E-state index in [2.05, 4.69) is 30.9 Å². The standard InChI is InChI=1S/C36H36N8O6S2/c1-6-17(3)25-30(45)37-13-24-38-21(14-48-24)33-43-27(19(5)49-33)36-40-23(16-52-36)35-39-22(15-51-35)34-44-28(29(50-34)20-11-9-8-10-12-20)32(47)42-26(18(4)7-2)31(46)41-25/h8-12,14-18,25-26H,6-7,13H2,1-5H3,(H,37,45)(H,41,46)(H,42,47). The molecule has 5 aromatic heterocycles. The number of nitrogens with zero attached hydrogens (tertiary/aromatic N) is 5. The molecule has 4 atom stereocenters. The lowest BCUT2D eigenvalue weighted by atomic mass is 9.94. The summed E-state index contributed by atoms with van der Waals surface area (Å²) in [6, 6.07) is 7.25. The van der Waals surface area contributed by atoms with Gasteiger partial charge in [0.1, 0.15) is 51.2 Å². The molecule has 0 spiro atoms. The summed E-state index contributed by atoms with van der Waals surface area (Å²) in [6.07, 6.45) is 2.59. The summed E-state index contributed by atoms with van der Waals surface area (Å²) in [5.74, 6) is -0.658. The van der Waals surface area contributed by atoms with E-state index >= 15 is 0 Å². The average Bonchev–Trinajstić information content (AvgIpc) is 4.00. The summed E-state index contributed by atoms with van der Waals surface area (Å²) in [5.41, 5.74) is 2.58. The molecule has 0 radical (unpaired) electrons. The van der Waals surface area contributed by atoms with Gasteiger partial charge in [-0.25, -0.2) is 24.9 Å². The lowest BCUT2D eigenvalue weighted by molar-refractivity contribution is -0.131. The quantitative estimate of drug-likeness (QED) is 0.175. The number of fused-ring (bicyclic) bond motifs is 14. The highest BCUT2D eigenvalue weighted by atomic mass is 32.1. The molecule has 0 fully saturated rings. The van der Waals surface area contributed by atoms with Gasteiger partial charge >= 0.3 is 0 Å². The third-order valence-corrected chi connectivity index (χ3v) is 10.8. The summed E-state index contributed by atoms with van der Waals surface area (Å²) in [5, 5.41) is 13.6. The van der Waals surface area contributed by atoms with Crippen LogP contribution in [0, 0.1) is 18.8 Å². The Bertz CT molecular complexity index is 2230. The SMILES string of the molecule is CCC(C)C1NC(=O)c2nc(oc2-c2ccccc2)-c2csc(n2)-c2csc(n2)-c2nc(oc2C)-c2coc(n2)CNC(=O)C(C(C)CC)NC1=O. The van der Waals surface area contributed by atoms with E-state index in [0.717, 1.165) is 0 Å². The van der Waals surface area contributed by atoms with Crippen LogP contribution in [0.25, 0.3) is 55.9 Å². The van der Waals surface area contributed by atoms with Crippen molar-refractivity contribution >= 4 is 40.4 Å². The number of nitrogens with one attached hydrogen (secondary N) is 3. The number of aryl methyl sites for hydroxylation is 1. The number of rotatable bonds is 5. The fourth-order valence-corrected chi connectivity index (χ4v) is 7.33. The minimum absolute atomic E-state index is 0.00102. The maximum atomic E-state index is 14.1. The number of benzene rings is 1. The maximum Gasteiger partial charge on any atom is 0.274 e. The highest BCUT2D eigenvalue weighted by Gasteiger charge is 2.34. The summed E-state index contributed by atoms with van der Waals surface area (Å²) < 4.78 is 17.8. The maximum absolute atomic E-state index is 14.1. The number of thiazole rings is 2. The molecular weight excluding hydrogens is 705 g/mol. The zero-order valence-electron chi connectivity index (χ0n) is 29.1. The summed E-state index contributed by atoms with van der Waals surface area (Å²) >= 11 is 2.74. The van der Waals surface area contributed by atoms with Crippen LogP contribution in [-0.4, -0.2) is 54.7 Å². The first-order valence-electron chi connectivity index (χ1n) is 16.9. The van der Waals surface area contributed by atoms with Gasteiger partial charge in [0.2, 0.25) is 29.5 Å². The number of hydrogen-bond donors (Lipinski definition) is 3. The van der Waals surface area contributed by atoms with Crippen LogP contribution in [0.4, 0.5) is 0 Å². The van der Waals surface area contributed by atoms with Gasteiger partial charge in [-0.3, -0.25) is 14.4 Å². The van der Waals surface area contributed by atoms with Gasteiger partial charge in [0.25, 0.3) is 5.91 Å². The van der Waals surface area contributed by atoms with Crippen LogP contribution >= 0.6 is 22.7 Å². The fraction of sp³-hybridized carbons (Fsp3) is 0.333. The number of carbonyl (C=O) groups excluding carboxylic acids is 3. The first-order valence-corrected chi connectivity index (χ1v) is 18.7. The van der Waals surface area contributed by atoms with Crippen molar-refractivity contribution < 1.29 is 27.6 Å². The Kier molecular flexibility index (Phi) is 9.83. The largest absolute Gasteiger partial charge is 0.446 e. The van der Waals surface area contributed by atoms with Crippen LogP contribution < -0.4 is 16.0 Å². The van der Waals surface area contributed by atoms with Gasteiger partial charge in [-0.05, 0) is 18.8 Å². The summed E-state index contributed by atoms with van der Waals surface area (Å²) in [4.78, 5) is 64.9. The fourth-order valence-electron chi connectivity index (χ4n) is 5.66. The lowest BCUT2D eigenvalue weighted by Gasteiger charge is -2.28. The molecule has 6 aromatic rings. The average molecular weight is 741 g/mol. The second-order valence-electron chi connectivity index (χ2n) is 12.6. The zero-order chi connectivity index (χ0) is 36.5. The van der Waals surface area contributed by atoms with Gasteiger partial charge < -0.3 is 29.2 Å². The Hall–Kier alpha value is -5.48. The number of amides is 3. The van der Waals surface area contributed by atoms with Gasteiger partial charge in [0, 0.05) is 16.3 Å². The molecule has 1 aliphatic rings. The van der Waals surface area contributed by atoms with E-state index in [1.54, 1.807) is 12.3 Å². The first kappa shape index (κ1) is 34.9. The van der Waals surface area contributed by atoms with Crippen molar-refractivity contribution in [3.63, 3.8) is 0 Å². The molecule has 52 heavy (non-hydrogen) atoms. The molecule has 10 bridgehead atoms. The minimum atomic E-state index is -0.987. The van der Waals surface area contributed by atoms with Gasteiger partial charge in [0.15, 0.2) is 17.1 Å². The van der Waals surface area contributed by atoms with Crippen molar-refractivity contribution in [1.82, 2.24) is 40.9 Å². The van der Waals surface area contributed by atoms with Crippen molar-refractivity contribution in [1.29, 1.82) is 0 Å². The molecule has 3 amide bonds. The monoisotopic (exact) mass is 740 g/mol. The second kappa shape index (κ2) is 14.6. The zero-order valence-corrected chi connectivity index (χ0v) is 30.7. The predicted octanol–water partition coefficient (Wildman–Crippen LogP) is 6.51. The van der Waals surface area contributed by atoms with Gasteiger partial charge in [0.05, 0.1) is 6.54 Å². The molecule has 6 heterocycles. The Balaban J connectivity index is 1.31. The molecule has 0 saturated carbocycles. The molecule has 1 aromatic carbocycles. The van der Waals surface area contributed by atoms with E-state index in [4.69, 9.17) is 23.2 Å². The molecule has 268 valence electrons. The topological polar surface area (TPSA) is 191 Å². The molecule has 4 unspecified atom stereocenters. The number of carbonyl (C=O) groups is 3. The Labute approximate surface area is 306 Å². The van der Waals surface area contributed by atoms with Crippen LogP contribution in [0.5, 0.6) is 0 Å². The third kappa shape index (κ3) is 6.90. The smallest absolute Gasteiger partial charge is 0.274 e. The summed E-state index contributed by atoms with van der Waals surface area (Å²) in [6.45, 7) is 9.35. The number of aromatic nitrogens is 5. The van der Waals surface area contributed by atoms with E-state index in [1.165, 1.54) is 28.9 Å². The second-order valence-corrected chi connectivity index (χ2v) is 14.3. The molecule has 16 heteroatoms. The van der Waals surface area contributed by atoms with Crippen molar-refractivity contribution in [2.75, 3.05) is 0 Å². The highest BCUT2D eigenvalue weighted by molar-refractivity contribution is 7.15. The predicted molar refractivity (Wildman–Crippen MR) is 194 cm³/mol. The summed E-state index contributed by atoms with van der Waals surface area (Å²) in [7, 11) is 0. The number of oxazole rings is 3. The molecule has 14 nitrogen and oxygen atoms in total.